The standard InChI is InChI=1S/C6H12Cl2OSi/c1-4(7)5(6(8)9)10(2)3/h4-5,10H,1-3H3. The van der Waals surface area contributed by atoms with Crippen molar-refractivity contribution in [2.75, 3.05) is 0 Å². The van der Waals surface area contributed by atoms with Crippen molar-refractivity contribution < 1.29 is 4.79 Å². The average Bonchev–Trinajstić information content (AvgIpc) is 1.59. The number of hydrogen-bond donors (Lipinski definition) is 0. The van der Waals surface area contributed by atoms with Crippen molar-refractivity contribution in [2.24, 2.45) is 0 Å². The molecule has 0 bridgehead atoms. The Bertz CT molecular complexity index is 117. The summed E-state index contributed by atoms with van der Waals surface area (Å²) in [6.07, 6.45) is 0. The number of rotatable bonds is 3. The van der Waals surface area contributed by atoms with Crippen molar-refractivity contribution in [2.45, 2.75) is 30.9 Å². The molecule has 0 N–H and O–H groups in total. The first-order valence-electron chi connectivity index (χ1n) is 3.30. The molecule has 0 rings (SSSR count). The average molecular weight is 199 g/mol. The highest BCUT2D eigenvalue weighted by Gasteiger charge is 2.25. The maximum absolute atomic E-state index is 10.7. The Morgan fingerprint density at radius 1 is 1.50 bits per heavy atom. The lowest BCUT2D eigenvalue weighted by Crippen LogP contribution is -2.24. The van der Waals surface area contributed by atoms with E-state index in [1.165, 1.54) is 0 Å². The van der Waals surface area contributed by atoms with Gasteiger partial charge in [-0.25, -0.2) is 0 Å². The monoisotopic (exact) mass is 198 g/mol. The fraction of sp³-hybridized carbons (Fsp3) is 0.833. The van der Waals surface area contributed by atoms with E-state index in [-0.39, 0.29) is 16.2 Å². The van der Waals surface area contributed by atoms with Gasteiger partial charge in [-0.3, -0.25) is 4.79 Å². The van der Waals surface area contributed by atoms with Gasteiger partial charge in [0.05, 0.1) is 0 Å². The van der Waals surface area contributed by atoms with Crippen molar-refractivity contribution in [1.82, 2.24) is 0 Å². The summed E-state index contributed by atoms with van der Waals surface area (Å²) in [7, 11) is -1.01. The van der Waals surface area contributed by atoms with Gasteiger partial charge in [0, 0.05) is 19.7 Å². The van der Waals surface area contributed by atoms with E-state index >= 15 is 0 Å². The summed E-state index contributed by atoms with van der Waals surface area (Å²) in [5.41, 5.74) is -0.0802. The van der Waals surface area contributed by atoms with Gasteiger partial charge in [0.2, 0.25) is 5.24 Å². The molecule has 2 atom stereocenters. The van der Waals surface area contributed by atoms with Crippen LogP contribution < -0.4 is 0 Å². The van der Waals surface area contributed by atoms with Crippen LogP contribution in [0.4, 0.5) is 0 Å². The Hall–Kier alpha value is 0.467. The van der Waals surface area contributed by atoms with Gasteiger partial charge in [0.15, 0.2) is 0 Å². The zero-order chi connectivity index (χ0) is 8.31. The maximum Gasteiger partial charge on any atom is 0.223 e. The van der Waals surface area contributed by atoms with E-state index in [0.717, 1.165) is 0 Å². The molecule has 60 valence electrons. The fourth-order valence-electron chi connectivity index (χ4n) is 0.973. The molecule has 1 nitrogen and oxygen atoms in total. The van der Waals surface area contributed by atoms with Crippen LogP contribution in [0, 0.1) is 0 Å². The van der Waals surface area contributed by atoms with Crippen molar-refractivity contribution in [3.63, 3.8) is 0 Å². The third kappa shape index (κ3) is 3.04. The Morgan fingerprint density at radius 2 is 1.90 bits per heavy atom. The molecule has 2 unspecified atom stereocenters. The van der Waals surface area contributed by atoms with Crippen LogP contribution in [0.25, 0.3) is 0 Å². The molecular formula is C6H12Cl2OSi. The highest BCUT2D eigenvalue weighted by Crippen LogP contribution is 2.23. The first-order chi connectivity index (χ1) is 4.46. The highest BCUT2D eigenvalue weighted by molar-refractivity contribution is 6.76. The van der Waals surface area contributed by atoms with Crippen LogP contribution in [-0.2, 0) is 4.79 Å². The number of halogens is 2. The van der Waals surface area contributed by atoms with Crippen LogP contribution >= 0.6 is 23.2 Å². The summed E-state index contributed by atoms with van der Waals surface area (Å²) in [4.78, 5) is 10.7. The minimum atomic E-state index is -1.01. The predicted octanol–water partition coefficient (Wildman–Crippen LogP) is 2.24. The summed E-state index contributed by atoms with van der Waals surface area (Å²) in [5.74, 6) is 0. The SMILES string of the molecule is CC(Cl)C(C(=O)Cl)[SiH](C)C. The zero-order valence-electron chi connectivity index (χ0n) is 6.40. The van der Waals surface area contributed by atoms with Gasteiger partial charge in [0.25, 0.3) is 0 Å². The highest BCUT2D eigenvalue weighted by atomic mass is 35.5. The Morgan fingerprint density at radius 3 is 1.90 bits per heavy atom. The smallest absolute Gasteiger partial charge is 0.223 e. The molecule has 0 aromatic carbocycles. The van der Waals surface area contributed by atoms with Gasteiger partial charge in [-0.05, 0) is 18.5 Å². The lowest BCUT2D eigenvalue weighted by Gasteiger charge is -2.16. The van der Waals surface area contributed by atoms with Crippen molar-refractivity contribution in [3.8, 4) is 0 Å². The van der Waals surface area contributed by atoms with Gasteiger partial charge in [-0.2, -0.15) is 0 Å². The molecule has 0 spiro atoms. The van der Waals surface area contributed by atoms with Crippen LogP contribution in [-0.4, -0.2) is 19.4 Å². The lowest BCUT2D eigenvalue weighted by molar-refractivity contribution is -0.111. The quantitative estimate of drug-likeness (QED) is 0.387. The van der Waals surface area contributed by atoms with E-state index < -0.39 is 8.80 Å². The topological polar surface area (TPSA) is 17.1 Å². The van der Waals surface area contributed by atoms with Gasteiger partial charge < -0.3 is 0 Å². The van der Waals surface area contributed by atoms with Crippen molar-refractivity contribution in [3.05, 3.63) is 0 Å². The molecule has 0 aliphatic rings. The molecule has 0 amide bonds. The number of hydrogen-bond acceptors (Lipinski definition) is 1. The second kappa shape index (κ2) is 4.37. The lowest BCUT2D eigenvalue weighted by atomic mass is 10.3. The van der Waals surface area contributed by atoms with Crippen LogP contribution in [0.2, 0.25) is 18.6 Å². The molecule has 0 saturated carbocycles. The zero-order valence-corrected chi connectivity index (χ0v) is 9.06. The summed E-state index contributed by atoms with van der Waals surface area (Å²) in [6.45, 7) is 5.97. The molecule has 0 aromatic heterocycles. The van der Waals surface area contributed by atoms with E-state index in [1.807, 2.05) is 6.92 Å². The Balaban J connectivity index is 4.12. The molecule has 0 fully saturated rings. The molecule has 0 radical (unpaired) electrons. The predicted molar refractivity (Wildman–Crippen MR) is 48.8 cm³/mol. The summed E-state index contributed by atoms with van der Waals surface area (Å²) < 4.78 is 0. The normalized spacial score (nSPS) is 17.0. The van der Waals surface area contributed by atoms with Gasteiger partial charge in [-0.1, -0.05) is 13.1 Å². The molecule has 4 heteroatoms. The van der Waals surface area contributed by atoms with Crippen LogP contribution in [0.1, 0.15) is 6.92 Å². The van der Waals surface area contributed by atoms with Gasteiger partial charge in [0.1, 0.15) is 0 Å². The minimum Gasteiger partial charge on any atom is -0.281 e. The largest absolute Gasteiger partial charge is 0.281 e. The Kier molecular flexibility index (Phi) is 4.57. The van der Waals surface area contributed by atoms with E-state index in [2.05, 4.69) is 13.1 Å². The van der Waals surface area contributed by atoms with Crippen LogP contribution in [0.5, 0.6) is 0 Å². The molecule has 10 heavy (non-hydrogen) atoms. The molecule has 0 aromatic rings. The van der Waals surface area contributed by atoms with E-state index in [0.29, 0.717) is 0 Å². The first kappa shape index (κ1) is 10.5. The molecular weight excluding hydrogens is 187 g/mol. The molecule has 0 saturated heterocycles. The van der Waals surface area contributed by atoms with Crippen molar-refractivity contribution >= 4 is 37.2 Å². The van der Waals surface area contributed by atoms with E-state index in [9.17, 15) is 4.79 Å². The van der Waals surface area contributed by atoms with Crippen LogP contribution in [0.15, 0.2) is 0 Å². The van der Waals surface area contributed by atoms with Crippen molar-refractivity contribution in [1.29, 1.82) is 0 Å². The number of carbonyl (C=O) groups excluding carboxylic acids is 1. The third-order valence-electron chi connectivity index (χ3n) is 1.48. The molecule has 0 aliphatic carbocycles. The van der Waals surface area contributed by atoms with E-state index in [1.54, 1.807) is 0 Å². The second-order valence-electron chi connectivity index (χ2n) is 2.75. The molecule has 0 aliphatic heterocycles. The third-order valence-corrected chi connectivity index (χ3v) is 4.77. The summed E-state index contributed by atoms with van der Waals surface area (Å²) >= 11 is 11.1. The molecule has 0 heterocycles. The summed E-state index contributed by atoms with van der Waals surface area (Å²) in [6, 6.07) is 0. The maximum atomic E-state index is 10.7. The van der Waals surface area contributed by atoms with Gasteiger partial charge >= 0.3 is 0 Å². The fourth-order valence-corrected chi connectivity index (χ4v) is 4.55. The van der Waals surface area contributed by atoms with E-state index in [4.69, 9.17) is 23.2 Å². The summed E-state index contributed by atoms with van der Waals surface area (Å²) in [5, 5.41) is -0.388. The Labute approximate surface area is 73.3 Å². The number of carbonyl (C=O) groups is 1. The number of alkyl halides is 1. The van der Waals surface area contributed by atoms with Crippen LogP contribution in [0.3, 0.4) is 0 Å². The minimum absolute atomic E-state index is 0.0802. The second-order valence-corrected chi connectivity index (χ2v) is 7.02. The van der Waals surface area contributed by atoms with Gasteiger partial charge in [-0.15, -0.1) is 11.6 Å². The first-order valence-corrected chi connectivity index (χ1v) is 7.09.